The van der Waals surface area contributed by atoms with Crippen molar-refractivity contribution in [1.29, 1.82) is 0 Å². The fourth-order valence-electron chi connectivity index (χ4n) is 2.67. The molecule has 1 aromatic heterocycles. The number of nitrogens with zero attached hydrogens (tertiary/aromatic N) is 2. The van der Waals surface area contributed by atoms with Crippen molar-refractivity contribution in [2.24, 2.45) is 11.8 Å². The van der Waals surface area contributed by atoms with Crippen LogP contribution < -0.4 is 4.90 Å². The number of pyridine rings is 1. The van der Waals surface area contributed by atoms with Gasteiger partial charge in [0, 0.05) is 19.0 Å². The van der Waals surface area contributed by atoms with E-state index >= 15 is 0 Å². The molecule has 1 N–H and O–H groups in total. The fraction of sp³-hybridized carbons (Fsp3) is 0.375. The molecule has 0 spiro atoms. The highest BCUT2D eigenvalue weighted by Gasteiger charge is 2.33. The van der Waals surface area contributed by atoms with Crippen molar-refractivity contribution < 1.29 is 9.90 Å². The Morgan fingerprint density at radius 1 is 1.45 bits per heavy atom. The summed E-state index contributed by atoms with van der Waals surface area (Å²) < 4.78 is 0. The molecule has 0 aliphatic heterocycles. The Morgan fingerprint density at radius 3 is 2.80 bits per heavy atom. The van der Waals surface area contributed by atoms with E-state index in [1.54, 1.807) is 6.07 Å². The predicted molar refractivity (Wildman–Crippen MR) is 79.2 cm³/mol. The number of anilines is 1. The molecule has 4 nitrogen and oxygen atoms in total. The van der Waals surface area contributed by atoms with E-state index in [0.717, 1.165) is 29.1 Å². The summed E-state index contributed by atoms with van der Waals surface area (Å²) in [5.74, 6) is 1.25. The normalized spacial score (nSPS) is 20.9. The van der Waals surface area contributed by atoms with Crippen molar-refractivity contribution in [3.05, 3.63) is 36.0 Å². The SMILES string of the molecule is CC1CC1CN(C)c1nc(C(=O)O)cc2ccccc12. The Balaban J connectivity index is 2.04. The maximum absolute atomic E-state index is 11.2. The molecule has 20 heavy (non-hydrogen) atoms. The van der Waals surface area contributed by atoms with Crippen LogP contribution in [0.1, 0.15) is 23.8 Å². The molecule has 3 rings (SSSR count). The van der Waals surface area contributed by atoms with Gasteiger partial charge in [-0.05, 0) is 29.7 Å². The Labute approximate surface area is 118 Å². The van der Waals surface area contributed by atoms with Gasteiger partial charge in [-0.2, -0.15) is 0 Å². The maximum Gasteiger partial charge on any atom is 0.354 e. The van der Waals surface area contributed by atoms with Gasteiger partial charge >= 0.3 is 5.97 Å². The molecule has 0 radical (unpaired) electrons. The molecule has 0 amide bonds. The number of hydrogen-bond acceptors (Lipinski definition) is 3. The summed E-state index contributed by atoms with van der Waals surface area (Å²) in [4.78, 5) is 17.6. The van der Waals surface area contributed by atoms with Crippen molar-refractivity contribution in [2.45, 2.75) is 13.3 Å². The summed E-state index contributed by atoms with van der Waals surface area (Å²) in [6.07, 6.45) is 1.25. The Kier molecular flexibility index (Phi) is 3.08. The van der Waals surface area contributed by atoms with Gasteiger partial charge in [-0.1, -0.05) is 31.2 Å². The molecular formula is C16H18N2O2. The van der Waals surface area contributed by atoms with Crippen LogP contribution in [0.15, 0.2) is 30.3 Å². The van der Waals surface area contributed by atoms with Crippen LogP contribution in [0.5, 0.6) is 0 Å². The first-order valence-electron chi connectivity index (χ1n) is 6.90. The second kappa shape index (κ2) is 4.78. The van der Waals surface area contributed by atoms with E-state index in [1.807, 2.05) is 31.3 Å². The van der Waals surface area contributed by atoms with Crippen LogP contribution in [0.25, 0.3) is 10.8 Å². The molecule has 2 aromatic rings. The number of benzene rings is 1. The Hall–Kier alpha value is -2.10. The average Bonchev–Trinajstić information content (AvgIpc) is 3.12. The molecule has 1 aromatic carbocycles. The highest BCUT2D eigenvalue weighted by atomic mass is 16.4. The van der Waals surface area contributed by atoms with Crippen molar-refractivity contribution in [2.75, 3.05) is 18.5 Å². The molecule has 4 heteroatoms. The predicted octanol–water partition coefficient (Wildman–Crippen LogP) is 3.03. The van der Waals surface area contributed by atoms with Gasteiger partial charge < -0.3 is 10.0 Å². The Bertz CT molecular complexity index is 669. The van der Waals surface area contributed by atoms with Crippen LogP contribution in [0.3, 0.4) is 0 Å². The largest absolute Gasteiger partial charge is 0.477 e. The third kappa shape index (κ3) is 2.33. The van der Waals surface area contributed by atoms with Gasteiger partial charge in [0.2, 0.25) is 0 Å². The van der Waals surface area contributed by atoms with Gasteiger partial charge in [0.05, 0.1) is 0 Å². The topological polar surface area (TPSA) is 53.4 Å². The lowest BCUT2D eigenvalue weighted by Gasteiger charge is -2.20. The lowest BCUT2D eigenvalue weighted by Crippen LogP contribution is -2.22. The molecule has 1 aliphatic carbocycles. The molecule has 1 heterocycles. The molecule has 0 saturated heterocycles. The van der Waals surface area contributed by atoms with Gasteiger partial charge in [0.1, 0.15) is 5.82 Å². The number of aromatic nitrogens is 1. The number of carbonyl (C=O) groups is 1. The van der Waals surface area contributed by atoms with Crippen molar-refractivity contribution in [3.8, 4) is 0 Å². The second-order valence-corrected chi connectivity index (χ2v) is 5.71. The van der Waals surface area contributed by atoms with E-state index in [2.05, 4.69) is 16.8 Å². The number of fused-ring (bicyclic) bond motifs is 1. The summed E-state index contributed by atoms with van der Waals surface area (Å²) in [6.45, 7) is 3.18. The third-order valence-electron chi connectivity index (χ3n) is 4.09. The quantitative estimate of drug-likeness (QED) is 0.927. The summed E-state index contributed by atoms with van der Waals surface area (Å²) in [7, 11) is 1.99. The fourth-order valence-corrected chi connectivity index (χ4v) is 2.67. The van der Waals surface area contributed by atoms with E-state index in [1.165, 1.54) is 6.42 Å². The highest BCUT2D eigenvalue weighted by Crippen LogP contribution is 2.39. The number of carboxylic acids is 1. The van der Waals surface area contributed by atoms with E-state index in [-0.39, 0.29) is 5.69 Å². The molecule has 1 aliphatic rings. The van der Waals surface area contributed by atoms with Crippen molar-refractivity contribution >= 4 is 22.6 Å². The van der Waals surface area contributed by atoms with E-state index in [4.69, 9.17) is 0 Å². The van der Waals surface area contributed by atoms with Gasteiger partial charge in [-0.3, -0.25) is 0 Å². The number of carboxylic acid groups (broad SMARTS) is 1. The van der Waals surface area contributed by atoms with Gasteiger partial charge in [0.15, 0.2) is 5.69 Å². The van der Waals surface area contributed by atoms with E-state index in [0.29, 0.717) is 5.92 Å². The molecule has 2 atom stereocenters. The zero-order valence-electron chi connectivity index (χ0n) is 11.7. The van der Waals surface area contributed by atoms with Crippen LogP contribution in [-0.4, -0.2) is 29.7 Å². The maximum atomic E-state index is 11.2. The zero-order chi connectivity index (χ0) is 14.3. The molecule has 104 valence electrons. The molecule has 1 fully saturated rings. The smallest absolute Gasteiger partial charge is 0.354 e. The third-order valence-corrected chi connectivity index (χ3v) is 4.09. The molecule has 0 bridgehead atoms. The monoisotopic (exact) mass is 270 g/mol. The summed E-state index contributed by atoms with van der Waals surface area (Å²) >= 11 is 0. The second-order valence-electron chi connectivity index (χ2n) is 5.71. The van der Waals surface area contributed by atoms with Crippen LogP contribution in [0, 0.1) is 11.8 Å². The van der Waals surface area contributed by atoms with Gasteiger partial charge in [0.25, 0.3) is 0 Å². The standard InChI is InChI=1S/C16H18N2O2/c1-10-7-12(10)9-18(2)15-13-6-4-3-5-11(13)8-14(17-15)16(19)20/h3-6,8,10,12H,7,9H2,1-2H3,(H,19,20). The molecule has 2 unspecified atom stereocenters. The lowest BCUT2D eigenvalue weighted by molar-refractivity contribution is 0.0691. The first-order valence-corrected chi connectivity index (χ1v) is 6.90. The van der Waals surface area contributed by atoms with Crippen LogP contribution in [0.4, 0.5) is 5.82 Å². The number of rotatable bonds is 4. The van der Waals surface area contributed by atoms with Crippen LogP contribution in [-0.2, 0) is 0 Å². The minimum atomic E-state index is -0.981. The van der Waals surface area contributed by atoms with Crippen LogP contribution in [0.2, 0.25) is 0 Å². The average molecular weight is 270 g/mol. The first-order chi connectivity index (χ1) is 9.56. The minimum Gasteiger partial charge on any atom is -0.477 e. The highest BCUT2D eigenvalue weighted by molar-refractivity contribution is 5.97. The molecule has 1 saturated carbocycles. The van der Waals surface area contributed by atoms with E-state index in [9.17, 15) is 9.90 Å². The Morgan fingerprint density at radius 2 is 2.15 bits per heavy atom. The lowest BCUT2D eigenvalue weighted by atomic mass is 10.1. The summed E-state index contributed by atoms with van der Waals surface area (Å²) in [5.41, 5.74) is 0.106. The van der Waals surface area contributed by atoms with E-state index < -0.39 is 5.97 Å². The molecular weight excluding hydrogens is 252 g/mol. The zero-order valence-corrected chi connectivity index (χ0v) is 11.7. The number of hydrogen-bond donors (Lipinski definition) is 1. The number of aromatic carboxylic acids is 1. The first kappa shape index (κ1) is 12.9. The summed E-state index contributed by atoms with van der Waals surface area (Å²) in [6, 6.07) is 9.44. The van der Waals surface area contributed by atoms with Gasteiger partial charge in [-0.15, -0.1) is 0 Å². The van der Waals surface area contributed by atoms with Crippen LogP contribution >= 0.6 is 0 Å². The summed E-state index contributed by atoms with van der Waals surface area (Å²) in [5, 5.41) is 11.1. The van der Waals surface area contributed by atoms with Gasteiger partial charge in [-0.25, -0.2) is 9.78 Å². The van der Waals surface area contributed by atoms with Crippen molar-refractivity contribution in [3.63, 3.8) is 0 Å². The minimum absolute atomic E-state index is 0.106. The van der Waals surface area contributed by atoms with Crippen molar-refractivity contribution in [1.82, 2.24) is 4.98 Å².